The minimum absolute atomic E-state index is 0.243. The van der Waals surface area contributed by atoms with Crippen LogP contribution >= 0.6 is 0 Å². The lowest BCUT2D eigenvalue weighted by molar-refractivity contribution is 0.506. The molecule has 0 amide bonds. The maximum Gasteiger partial charge on any atom is 0.203 e. The molecule has 4 heteroatoms. The molecule has 0 saturated heterocycles. The van der Waals surface area contributed by atoms with Crippen LogP contribution in [0.1, 0.15) is 17.1 Å². The molecule has 1 heterocycles. The molecule has 0 aliphatic rings. The van der Waals surface area contributed by atoms with E-state index in [0.29, 0.717) is 23.6 Å². The topological polar surface area (TPSA) is 49.0 Å². The first-order chi connectivity index (χ1) is 8.19. The summed E-state index contributed by atoms with van der Waals surface area (Å²) in [5.41, 5.74) is 1.29. The summed E-state index contributed by atoms with van der Waals surface area (Å²) in [7, 11) is 0. The summed E-state index contributed by atoms with van der Waals surface area (Å²) in [4.78, 5) is 0. The van der Waals surface area contributed by atoms with Gasteiger partial charge in [-0.05, 0) is 36.8 Å². The molecule has 0 aliphatic heterocycles. The zero-order chi connectivity index (χ0) is 12.3. The van der Waals surface area contributed by atoms with E-state index in [0.717, 1.165) is 0 Å². The van der Waals surface area contributed by atoms with E-state index in [1.165, 1.54) is 6.07 Å². The van der Waals surface area contributed by atoms with Crippen molar-refractivity contribution in [2.45, 2.75) is 13.5 Å². The number of nitriles is 1. The number of nitrogens with one attached hydrogen (secondary N) is 1. The van der Waals surface area contributed by atoms with Gasteiger partial charge in [-0.1, -0.05) is 6.07 Å². The summed E-state index contributed by atoms with van der Waals surface area (Å²) < 4.78 is 18.4. The van der Waals surface area contributed by atoms with E-state index in [1.807, 2.05) is 6.07 Å². The second kappa shape index (κ2) is 4.71. The molecule has 0 saturated carbocycles. The molecule has 0 atom stereocenters. The Morgan fingerprint density at radius 1 is 1.35 bits per heavy atom. The molecule has 1 aromatic heterocycles. The van der Waals surface area contributed by atoms with Crippen LogP contribution in [0.15, 0.2) is 34.7 Å². The highest BCUT2D eigenvalue weighted by molar-refractivity contribution is 5.45. The summed E-state index contributed by atoms with van der Waals surface area (Å²) in [5, 5.41) is 11.6. The Hall–Kier alpha value is -2.28. The SMILES string of the molecule is Cc1ccc(NCc2ccc(C#N)o2)cc1F. The Morgan fingerprint density at radius 3 is 2.82 bits per heavy atom. The van der Waals surface area contributed by atoms with Crippen molar-refractivity contribution in [2.75, 3.05) is 5.32 Å². The van der Waals surface area contributed by atoms with Gasteiger partial charge in [0.1, 0.15) is 17.6 Å². The van der Waals surface area contributed by atoms with Gasteiger partial charge in [0, 0.05) is 5.69 Å². The average Bonchev–Trinajstić information content (AvgIpc) is 2.79. The molecule has 1 N–H and O–H groups in total. The number of halogens is 1. The molecule has 1 aromatic carbocycles. The van der Waals surface area contributed by atoms with Gasteiger partial charge in [0.25, 0.3) is 0 Å². The summed E-state index contributed by atoms with van der Waals surface area (Å²) >= 11 is 0. The minimum Gasteiger partial charge on any atom is -0.449 e. The molecule has 2 rings (SSSR count). The molecule has 0 unspecified atom stereocenters. The monoisotopic (exact) mass is 230 g/mol. The minimum atomic E-state index is -0.243. The number of benzene rings is 1. The summed E-state index contributed by atoms with van der Waals surface area (Å²) in [5.74, 6) is 0.673. The van der Waals surface area contributed by atoms with E-state index < -0.39 is 0 Å². The van der Waals surface area contributed by atoms with Gasteiger partial charge < -0.3 is 9.73 Å². The van der Waals surface area contributed by atoms with Crippen LogP contribution in [0.4, 0.5) is 10.1 Å². The molecular weight excluding hydrogens is 219 g/mol. The molecule has 0 aliphatic carbocycles. The van der Waals surface area contributed by atoms with E-state index in [1.54, 1.807) is 31.2 Å². The Kier molecular flexibility index (Phi) is 3.10. The standard InChI is InChI=1S/C13H11FN2O/c1-9-2-3-10(6-13(9)14)16-8-12-5-4-11(7-15)17-12/h2-6,16H,8H2,1H3. The van der Waals surface area contributed by atoms with Crippen LogP contribution in [-0.4, -0.2) is 0 Å². The van der Waals surface area contributed by atoms with Gasteiger partial charge in [-0.3, -0.25) is 0 Å². The van der Waals surface area contributed by atoms with Gasteiger partial charge >= 0.3 is 0 Å². The second-order valence-corrected chi connectivity index (χ2v) is 3.70. The summed E-state index contributed by atoms with van der Waals surface area (Å²) in [6.07, 6.45) is 0. The Bertz CT molecular complexity index is 569. The van der Waals surface area contributed by atoms with E-state index in [4.69, 9.17) is 9.68 Å². The quantitative estimate of drug-likeness (QED) is 0.880. The molecule has 17 heavy (non-hydrogen) atoms. The Morgan fingerprint density at radius 2 is 2.18 bits per heavy atom. The zero-order valence-electron chi connectivity index (χ0n) is 9.33. The number of nitrogens with zero attached hydrogens (tertiary/aromatic N) is 1. The fourth-order valence-corrected chi connectivity index (χ4v) is 1.43. The van der Waals surface area contributed by atoms with Crippen molar-refractivity contribution in [3.8, 4) is 6.07 Å². The molecule has 0 bridgehead atoms. The smallest absolute Gasteiger partial charge is 0.203 e. The highest BCUT2D eigenvalue weighted by atomic mass is 19.1. The van der Waals surface area contributed by atoms with E-state index in [2.05, 4.69) is 5.32 Å². The normalized spacial score (nSPS) is 9.94. The van der Waals surface area contributed by atoms with Crippen LogP contribution in [-0.2, 0) is 6.54 Å². The van der Waals surface area contributed by atoms with Crippen LogP contribution in [0, 0.1) is 24.1 Å². The van der Waals surface area contributed by atoms with Crippen molar-refractivity contribution in [3.05, 3.63) is 53.2 Å². The number of anilines is 1. The Balaban J connectivity index is 2.02. The van der Waals surface area contributed by atoms with Crippen molar-refractivity contribution >= 4 is 5.69 Å². The van der Waals surface area contributed by atoms with Crippen molar-refractivity contribution in [3.63, 3.8) is 0 Å². The van der Waals surface area contributed by atoms with E-state index in [-0.39, 0.29) is 11.6 Å². The van der Waals surface area contributed by atoms with Crippen LogP contribution < -0.4 is 5.32 Å². The first-order valence-electron chi connectivity index (χ1n) is 5.18. The number of furan rings is 1. The van der Waals surface area contributed by atoms with Gasteiger partial charge in [0.15, 0.2) is 0 Å². The van der Waals surface area contributed by atoms with Crippen molar-refractivity contribution in [2.24, 2.45) is 0 Å². The lowest BCUT2D eigenvalue weighted by atomic mass is 10.2. The van der Waals surface area contributed by atoms with Crippen molar-refractivity contribution in [1.29, 1.82) is 5.26 Å². The number of hydrogen-bond donors (Lipinski definition) is 1. The third-order valence-electron chi connectivity index (χ3n) is 2.41. The fourth-order valence-electron chi connectivity index (χ4n) is 1.43. The first kappa shape index (κ1) is 11.2. The lowest BCUT2D eigenvalue weighted by Crippen LogP contribution is -1.98. The van der Waals surface area contributed by atoms with E-state index in [9.17, 15) is 4.39 Å². The van der Waals surface area contributed by atoms with Crippen molar-refractivity contribution in [1.82, 2.24) is 0 Å². The van der Waals surface area contributed by atoms with Gasteiger partial charge in [0.05, 0.1) is 6.54 Å². The van der Waals surface area contributed by atoms with Gasteiger partial charge in [-0.25, -0.2) is 4.39 Å². The van der Waals surface area contributed by atoms with Crippen LogP contribution in [0.5, 0.6) is 0 Å². The predicted octanol–water partition coefficient (Wildman–Crippen LogP) is 3.21. The van der Waals surface area contributed by atoms with Crippen LogP contribution in [0.3, 0.4) is 0 Å². The lowest BCUT2D eigenvalue weighted by Gasteiger charge is -2.05. The molecule has 0 fully saturated rings. The van der Waals surface area contributed by atoms with Gasteiger partial charge in [0.2, 0.25) is 5.76 Å². The molecule has 3 nitrogen and oxygen atoms in total. The molecule has 86 valence electrons. The highest BCUT2D eigenvalue weighted by Crippen LogP contribution is 2.15. The summed E-state index contributed by atoms with van der Waals surface area (Å²) in [6.45, 7) is 2.13. The van der Waals surface area contributed by atoms with Crippen LogP contribution in [0.25, 0.3) is 0 Å². The maximum atomic E-state index is 13.3. The predicted molar refractivity (Wildman–Crippen MR) is 61.9 cm³/mol. The van der Waals surface area contributed by atoms with E-state index >= 15 is 0 Å². The third kappa shape index (κ3) is 2.64. The molecule has 0 radical (unpaired) electrons. The van der Waals surface area contributed by atoms with Gasteiger partial charge in [-0.15, -0.1) is 0 Å². The number of hydrogen-bond acceptors (Lipinski definition) is 3. The Labute approximate surface area is 98.5 Å². The third-order valence-corrected chi connectivity index (χ3v) is 2.41. The number of aryl methyl sites for hydroxylation is 1. The number of rotatable bonds is 3. The van der Waals surface area contributed by atoms with Crippen molar-refractivity contribution < 1.29 is 8.81 Å². The fraction of sp³-hybridized carbons (Fsp3) is 0.154. The molecular formula is C13H11FN2O. The largest absolute Gasteiger partial charge is 0.449 e. The van der Waals surface area contributed by atoms with Gasteiger partial charge in [-0.2, -0.15) is 5.26 Å². The summed E-state index contributed by atoms with van der Waals surface area (Å²) in [6, 6.07) is 10.2. The first-order valence-corrected chi connectivity index (χ1v) is 5.18. The molecule has 2 aromatic rings. The zero-order valence-corrected chi connectivity index (χ0v) is 9.33. The average molecular weight is 230 g/mol. The van der Waals surface area contributed by atoms with Crippen LogP contribution in [0.2, 0.25) is 0 Å². The molecule has 0 spiro atoms. The maximum absolute atomic E-state index is 13.3. The second-order valence-electron chi connectivity index (χ2n) is 3.70. The highest BCUT2D eigenvalue weighted by Gasteiger charge is 2.02.